The molecule has 5 heteroatoms. The van der Waals surface area contributed by atoms with Crippen molar-refractivity contribution in [2.45, 2.75) is 66.3 Å². The molecule has 0 aliphatic rings. The first kappa shape index (κ1) is 23.8. The number of nitrogens with zero attached hydrogens (tertiary/aromatic N) is 2. The monoisotopic (exact) mass is 435 g/mol. The third-order valence-corrected chi connectivity index (χ3v) is 5.82. The van der Waals surface area contributed by atoms with Crippen molar-refractivity contribution in [1.29, 1.82) is 0 Å². The Morgan fingerprint density at radius 1 is 1.00 bits per heavy atom. The number of carbonyl (C=O) groups is 1. The predicted molar refractivity (Wildman–Crippen MR) is 131 cm³/mol. The average Bonchev–Trinajstić information content (AvgIpc) is 3.12. The van der Waals surface area contributed by atoms with Crippen LogP contribution in [0.3, 0.4) is 0 Å². The van der Waals surface area contributed by atoms with Crippen LogP contribution in [-0.2, 0) is 17.8 Å². The summed E-state index contributed by atoms with van der Waals surface area (Å²) in [4.78, 5) is 16.6. The molecule has 0 aliphatic carbocycles. The zero-order valence-corrected chi connectivity index (χ0v) is 20.0. The molecule has 3 rings (SSSR count). The summed E-state index contributed by atoms with van der Waals surface area (Å²) in [6.45, 7) is 10.4. The van der Waals surface area contributed by atoms with Crippen LogP contribution in [0.1, 0.15) is 56.5 Å². The molecule has 0 radical (unpaired) electrons. The van der Waals surface area contributed by atoms with Gasteiger partial charge >= 0.3 is 0 Å². The SMILES string of the molecule is Cc1cccc(C)c1OCCCn1c(CCCCCNC(=O)C(C)C)nc2ccccc21. The molecule has 0 saturated heterocycles. The first-order valence-electron chi connectivity index (χ1n) is 11.9. The molecule has 32 heavy (non-hydrogen) atoms. The number of hydrogen-bond acceptors (Lipinski definition) is 3. The molecule has 0 aliphatic heterocycles. The highest BCUT2D eigenvalue weighted by molar-refractivity contribution is 5.77. The van der Waals surface area contributed by atoms with E-state index in [4.69, 9.17) is 9.72 Å². The Hall–Kier alpha value is -2.82. The van der Waals surface area contributed by atoms with Gasteiger partial charge in [0.1, 0.15) is 11.6 Å². The van der Waals surface area contributed by atoms with E-state index < -0.39 is 0 Å². The lowest BCUT2D eigenvalue weighted by atomic mass is 10.1. The number of nitrogens with one attached hydrogen (secondary N) is 1. The Kier molecular flexibility index (Phi) is 8.72. The summed E-state index contributed by atoms with van der Waals surface area (Å²) in [6.07, 6.45) is 5.03. The largest absolute Gasteiger partial charge is 0.493 e. The number of imidazole rings is 1. The highest BCUT2D eigenvalue weighted by Gasteiger charge is 2.11. The Balaban J connectivity index is 1.53. The molecule has 0 atom stereocenters. The highest BCUT2D eigenvalue weighted by atomic mass is 16.5. The minimum absolute atomic E-state index is 0.0496. The molecular formula is C27H37N3O2. The number of amides is 1. The quantitative estimate of drug-likeness (QED) is 0.376. The first-order chi connectivity index (χ1) is 15.5. The molecule has 1 N–H and O–H groups in total. The summed E-state index contributed by atoms with van der Waals surface area (Å²) in [7, 11) is 0. The van der Waals surface area contributed by atoms with Gasteiger partial charge in [-0.2, -0.15) is 0 Å². The third kappa shape index (κ3) is 6.35. The lowest BCUT2D eigenvalue weighted by Gasteiger charge is -2.13. The molecule has 1 aromatic heterocycles. The van der Waals surface area contributed by atoms with Crippen LogP contribution in [0.2, 0.25) is 0 Å². The predicted octanol–water partition coefficient (Wildman–Crippen LogP) is 5.61. The number of aryl methyl sites for hydroxylation is 4. The highest BCUT2D eigenvalue weighted by Crippen LogP contribution is 2.23. The van der Waals surface area contributed by atoms with E-state index in [1.54, 1.807) is 0 Å². The van der Waals surface area contributed by atoms with Crippen molar-refractivity contribution >= 4 is 16.9 Å². The second-order valence-corrected chi connectivity index (χ2v) is 8.85. The maximum absolute atomic E-state index is 11.7. The molecule has 2 aromatic carbocycles. The second-order valence-electron chi connectivity index (χ2n) is 8.85. The average molecular weight is 436 g/mol. The van der Waals surface area contributed by atoms with Gasteiger partial charge in [0.2, 0.25) is 5.91 Å². The Morgan fingerprint density at radius 2 is 1.75 bits per heavy atom. The summed E-state index contributed by atoms with van der Waals surface area (Å²) in [6, 6.07) is 14.6. The number of carbonyl (C=O) groups excluding carboxylic acids is 1. The smallest absolute Gasteiger partial charge is 0.222 e. The second kappa shape index (κ2) is 11.7. The van der Waals surface area contributed by atoms with Gasteiger partial charge < -0.3 is 14.6 Å². The van der Waals surface area contributed by atoms with Crippen LogP contribution in [0.5, 0.6) is 5.75 Å². The summed E-state index contributed by atoms with van der Waals surface area (Å²) in [5.74, 6) is 2.33. The van der Waals surface area contributed by atoms with Gasteiger partial charge in [-0.1, -0.05) is 50.6 Å². The summed E-state index contributed by atoms with van der Waals surface area (Å²) < 4.78 is 8.46. The van der Waals surface area contributed by atoms with Crippen LogP contribution in [0, 0.1) is 19.8 Å². The van der Waals surface area contributed by atoms with E-state index in [0.717, 1.165) is 62.3 Å². The molecule has 5 nitrogen and oxygen atoms in total. The van der Waals surface area contributed by atoms with Crippen LogP contribution in [-0.4, -0.2) is 28.6 Å². The maximum atomic E-state index is 11.7. The lowest BCUT2D eigenvalue weighted by molar-refractivity contribution is -0.123. The van der Waals surface area contributed by atoms with Crippen LogP contribution in [0.25, 0.3) is 11.0 Å². The van der Waals surface area contributed by atoms with Crippen LogP contribution >= 0.6 is 0 Å². The van der Waals surface area contributed by atoms with Crippen molar-refractivity contribution in [1.82, 2.24) is 14.9 Å². The van der Waals surface area contributed by atoms with Crippen molar-refractivity contribution < 1.29 is 9.53 Å². The van der Waals surface area contributed by atoms with E-state index in [1.165, 1.54) is 16.6 Å². The van der Waals surface area contributed by atoms with Gasteiger partial charge in [-0.05, 0) is 56.4 Å². The molecule has 0 unspecified atom stereocenters. The van der Waals surface area contributed by atoms with Crippen molar-refractivity contribution in [3.05, 3.63) is 59.4 Å². The fourth-order valence-corrected chi connectivity index (χ4v) is 3.99. The summed E-state index contributed by atoms with van der Waals surface area (Å²) in [5, 5.41) is 3.00. The number of hydrogen-bond donors (Lipinski definition) is 1. The molecule has 1 heterocycles. The number of benzene rings is 2. The van der Waals surface area contributed by atoms with Gasteiger partial charge in [-0.3, -0.25) is 4.79 Å². The fourth-order valence-electron chi connectivity index (χ4n) is 3.99. The zero-order valence-electron chi connectivity index (χ0n) is 20.0. The van der Waals surface area contributed by atoms with Crippen LogP contribution < -0.4 is 10.1 Å². The molecule has 0 fully saturated rings. The third-order valence-electron chi connectivity index (χ3n) is 5.82. The number of unbranched alkanes of at least 4 members (excludes halogenated alkanes) is 2. The van der Waals surface area contributed by atoms with Gasteiger partial charge in [0.25, 0.3) is 0 Å². The van der Waals surface area contributed by atoms with Gasteiger partial charge in [0.15, 0.2) is 0 Å². The lowest BCUT2D eigenvalue weighted by Crippen LogP contribution is -2.28. The fraction of sp³-hybridized carbons (Fsp3) is 0.481. The van der Waals surface area contributed by atoms with Crippen molar-refractivity contribution in [2.75, 3.05) is 13.2 Å². The van der Waals surface area contributed by atoms with E-state index in [9.17, 15) is 4.79 Å². The number of fused-ring (bicyclic) bond motifs is 1. The normalized spacial score (nSPS) is 11.3. The molecule has 1 amide bonds. The van der Waals surface area contributed by atoms with Gasteiger partial charge in [-0.25, -0.2) is 4.98 Å². The molecular weight excluding hydrogens is 398 g/mol. The van der Waals surface area contributed by atoms with Crippen LogP contribution in [0.15, 0.2) is 42.5 Å². The molecule has 172 valence electrons. The molecule has 0 saturated carbocycles. The van der Waals surface area contributed by atoms with E-state index >= 15 is 0 Å². The topological polar surface area (TPSA) is 56.1 Å². The van der Waals surface area contributed by atoms with E-state index in [2.05, 4.69) is 60.1 Å². The minimum atomic E-state index is 0.0496. The van der Waals surface area contributed by atoms with E-state index in [-0.39, 0.29) is 11.8 Å². The van der Waals surface area contributed by atoms with Crippen molar-refractivity contribution in [2.24, 2.45) is 5.92 Å². The first-order valence-corrected chi connectivity index (χ1v) is 11.9. The Bertz CT molecular complexity index is 1000. The Morgan fingerprint density at radius 3 is 2.50 bits per heavy atom. The number of aromatic nitrogens is 2. The van der Waals surface area contributed by atoms with Gasteiger partial charge in [0, 0.05) is 25.4 Å². The van der Waals surface area contributed by atoms with Crippen molar-refractivity contribution in [3.8, 4) is 5.75 Å². The van der Waals surface area contributed by atoms with E-state index in [1.807, 2.05) is 19.9 Å². The minimum Gasteiger partial charge on any atom is -0.493 e. The number of rotatable bonds is 12. The number of ether oxygens (including phenoxy) is 1. The molecule has 0 spiro atoms. The van der Waals surface area contributed by atoms with Crippen LogP contribution in [0.4, 0.5) is 0 Å². The number of para-hydroxylation sites is 3. The maximum Gasteiger partial charge on any atom is 0.222 e. The molecule has 0 bridgehead atoms. The Labute approximate surface area is 192 Å². The standard InChI is InChI=1S/C27H37N3O2/c1-20(2)27(31)28-17-9-5-6-16-25-29-23-14-7-8-15-24(23)30(25)18-11-19-32-26-21(3)12-10-13-22(26)4/h7-8,10,12-15,20H,5-6,9,11,16-19H2,1-4H3,(H,28,31). The summed E-state index contributed by atoms with van der Waals surface area (Å²) in [5.41, 5.74) is 4.62. The summed E-state index contributed by atoms with van der Waals surface area (Å²) >= 11 is 0. The van der Waals surface area contributed by atoms with Gasteiger partial charge in [-0.15, -0.1) is 0 Å². The zero-order chi connectivity index (χ0) is 22.9. The molecule has 3 aromatic rings. The van der Waals surface area contributed by atoms with Crippen molar-refractivity contribution in [3.63, 3.8) is 0 Å². The van der Waals surface area contributed by atoms with E-state index in [0.29, 0.717) is 6.61 Å². The van der Waals surface area contributed by atoms with Gasteiger partial charge in [0.05, 0.1) is 17.6 Å².